The molecular weight excluding hydrogens is 370 g/mol. The maximum atomic E-state index is 12.3. The van der Waals surface area contributed by atoms with Crippen LogP contribution in [0, 0.1) is 10.1 Å². The van der Waals surface area contributed by atoms with Crippen LogP contribution in [-0.4, -0.2) is 53.4 Å². The van der Waals surface area contributed by atoms with Gasteiger partial charge in [-0.1, -0.05) is 18.2 Å². The molecule has 8 heteroatoms. The highest BCUT2D eigenvalue weighted by atomic mass is 16.6. The molecule has 1 amide bonds. The molecule has 2 aromatic carbocycles. The lowest BCUT2D eigenvalue weighted by atomic mass is 10.1. The second-order valence-corrected chi connectivity index (χ2v) is 6.94. The van der Waals surface area contributed by atoms with E-state index in [4.69, 9.17) is 0 Å². The summed E-state index contributed by atoms with van der Waals surface area (Å²) in [4.78, 5) is 31.9. The number of non-ortho nitro benzene ring substituents is 1. The van der Waals surface area contributed by atoms with Crippen molar-refractivity contribution >= 4 is 33.9 Å². The summed E-state index contributed by atoms with van der Waals surface area (Å²) in [5.41, 5.74) is 2.38. The summed E-state index contributed by atoms with van der Waals surface area (Å²) in [6.45, 7) is 3.24. The molecular formula is C21H21N5O3. The largest absolute Gasteiger partial charge is 0.367 e. The Morgan fingerprint density at radius 1 is 1.03 bits per heavy atom. The minimum atomic E-state index is -0.378. The van der Waals surface area contributed by atoms with Gasteiger partial charge in [-0.2, -0.15) is 0 Å². The van der Waals surface area contributed by atoms with Gasteiger partial charge in [0, 0.05) is 44.1 Å². The van der Waals surface area contributed by atoms with E-state index < -0.39 is 0 Å². The second-order valence-electron chi connectivity index (χ2n) is 6.94. The van der Waals surface area contributed by atoms with Crippen molar-refractivity contribution in [3.05, 3.63) is 70.9 Å². The minimum Gasteiger partial charge on any atom is -0.367 e. The first-order valence-corrected chi connectivity index (χ1v) is 9.46. The smallest absolute Gasteiger partial charge is 0.278 e. The van der Waals surface area contributed by atoms with E-state index >= 15 is 0 Å². The molecule has 1 aliphatic rings. The molecule has 3 aromatic rings. The quantitative estimate of drug-likeness (QED) is 0.531. The van der Waals surface area contributed by atoms with E-state index in [1.165, 1.54) is 0 Å². The normalized spacial score (nSPS) is 14.7. The number of nitro groups is 1. The number of piperazine rings is 1. The lowest BCUT2D eigenvalue weighted by Crippen LogP contribution is -2.48. The van der Waals surface area contributed by atoms with Crippen LogP contribution in [-0.2, 0) is 4.79 Å². The Bertz CT molecular complexity index is 1030. The van der Waals surface area contributed by atoms with E-state index in [1.807, 2.05) is 30.3 Å². The highest BCUT2D eigenvalue weighted by Crippen LogP contribution is 2.32. The van der Waals surface area contributed by atoms with Gasteiger partial charge < -0.3 is 10.2 Å². The number of nitrogens with zero attached hydrogens (tertiary/aromatic N) is 4. The molecule has 2 heterocycles. The van der Waals surface area contributed by atoms with Gasteiger partial charge in [-0.3, -0.25) is 24.8 Å². The molecule has 1 N–H and O–H groups in total. The summed E-state index contributed by atoms with van der Waals surface area (Å²) in [5, 5.41) is 14.7. The van der Waals surface area contributed by atoms with Crippen LogP contribution in [0.5, 0.6) is 0 Å². The third-order valence-electron chi connectivity index (χ3n) is 5.06. The van der Waals surface area contributed by atoms with Crippen LogP contribution in [0.4, 0.5) is 17.1 Å². The number of hydrogen-bond donors (Lipinski definition) is 1. The zero-order valence-corrected chi connectivity index (χ0v) is 15.8. The Morgan fingerprint density at radius 3 is 2.52 bits per heavy atom. The van der Waals surface area contributed by atoms with E-state index in [-0.39, 0.29) is 16.5 Å². The molecule has 0 bridgehead atoms. The van der Waals surface area contributed by atoms with Crippen LogP contribution in [0.2, 0.25) is 0 Å². The predicted octanol–water partition coefficient (Wildman–Crippen LogP) is 2.90. The van der Waals surface area contributed by atoms with Crippen molar-refractivity contribution in [2.75, 3.05) is 42.9 Å². The van der Waals surface area contributed by atoms with Gasteiger partial charge in [-0.05, 0) is 30.3 Å². The number of rotatable bonds is 5. The Kier molecular flexibility index (Phi) is 5.35. The summed E-state index contributed by atoms with van der Waals surface area (Å²) >= 11 is 0. The number of anilines is 2. The first-order chi connectivity index (χ1) is 14.1. The topological polar surface area (TPSA) is 91.6 Å². The molecule has 8 nitrogen and oxygen atoms in total. The number of pyridine rings is 1. The molecule has 29 heavy (non-hydrogen) atoms. The molecule has 4 rings (SSSR count). The molecule has 0 unspecified atom stereocenters. The van der Waals surface area contributed by atoms with Gasteiger partial charge in [0.05, 0.1) is 22.5 Å². The fourth-order valence-electron chi connectivity index (χ4n) is 3.63. The van der Waals surface area contributed by atoms with Crippen LogP contribution in [0.15, 0.2) is 60.8 Å². The van der Waals surface area contributed by atoms with Gasteiger partial charge in [0.1, 0.15) is 5.52 Å². The minimum absolute atomic E-state index is 0.0351. The standard InChI is InChI=1S/C21H21N5O3/c27-20(23-16-5-2-1-3-6-16)15-24-11-13-25(14-12-24)19-9-8-18(26(28)29)17-7-4-10-22-21(17)19/h1-10H,11-15H2,(H,23,27). The van der Waals surface area contributed by atoms with Crippen LogP contribution in [0.25, 0.3) is 10.9 Å². The van der Waals surface area contributed by atoms with Gasteiger partial charge in [0.15, 0.2) is 0 Å². The molecule has 1 aliphatic heterocycles. The number of fused-ring (bicyclic) bond motifs is 1. The van der Waals surface area contributed by atoms with Crippen molar-refractivity contribution in [1.29, 1.82) is 0 Å². The zero-order valence-electron chi connectivity index (χ0n) is 15.8. The number of hydrogen-bond acceptors (Lipinski definition) is 6. The van der Waals surface area contributed by atoms with Crippen LogP contribution >= 0.6 is 0 Å². The number of para-hydroxylation sites is 1. The van der Waals surface area contributed by atoms with Crippen molar-refractivity contribution in [3.8, 4) is 0 Å². The summed E-state index contributed by atoms with van der Waals surface area (Å²) in [7, 11) is 0. The zero-order chi connectivity index (χ0) is 20.2. The first-order valence-electron chi connectivity index (χ1n) is 9.46. The molecule has 0 aliphatic carbocycles. The number of amides is 1. The molecule has 1 aromatic heterocycles. The number of aromatic nitrogens is 1. The van der Waals surface area contributed by atoms with E-state index in [0.29, 0.717) is 17.4 Å². The lowest BCUT2D eigenvalue weighted by molar-refractivity contribution is -0.383. The third kappa shape index (κ3) is 4.17. The van der Waals surface area contributed by atoms with E-state index in [1.54, 1.807) is 30.5 Å². The maximum absolute atomic E-state index is 12.3. The van der Waals surface area contributed by atoms with E-state index in [2.05, 4.69) is 20.1 Å². The van der Waals surface area contributed by atoms with Gasteiger partial charge >= 0.3 is 0 Å². The molecule has 0 radical (unpaired) electrons. The average Bonchev–Trinajstić information content (AvgIpc) is 2.74. The Labute approximate surface area is 167 Å². The highest BCUT2D eigenvalue weighted by molar-refractivity contribution is 5.97. The molecule has 0 saturated carbocycles. The van der Waals surface area contributed by atoms with Crippen molar-refractivity contribution in [2.24, 2.45) is 0 Å². The van der Waals surface area contributed by atoms with Crippen LogP contribution in [0.1, 0.15) is 0 Å². The van der Waals surface area contributed by atoms with Gasteiger partial charge in [-0.25, -0.2) is 0 Å². The fraction of sp³-hybridized carbons (Fsp3) is 0.238. The van der Waals surface area contributed by atoms with Gasteiger partial charge in [0.25, 0.3) is 5.69 Å². The number of carbonyl (C=O) groups is 1. The molecule has 148 valence electrons. The van der Waals surface area contributed by atoms with Crippen molar-refractivity contribution < 1.29 is 9.72 Å². The molecule has 1 saturated heterocycles. The van der Waals surface area contributed by atoms with Crippen molar-refractivity contribution in [3.63, 3.8) is 0 Å². The monoisotopic (exact) mass is 391 g/mol. The number of nitrogens with one attached hydrogen (secondary N) is 1. The first kappa shape index (κ1) is 18.8. The number of nitro benzene ring substituents is 1. The highest BCUT2D eigenvalue weighted by Gasteiger charge is 2.23. The van der Waals surface area contributed by atoms with Crippen LogP contribution < -0.4 is 10.2 Å². The Morgan fingerprint density at radius 2 is 1.79 bits per heavy atom. The average molecular weight is 391 g/mol. The Hall–Kier alpha value is -3.52. The predicted molar refractivity (Wildman–Crippen MR) is 112 cm³/mol. The lowest BCUT2D eigenvalue weighted by Gasteiger charge is -2.36. The van der Waals surface area contributed by atoms with E-state index in [9.17, 15) is 14.9 Å². The SMILES string of the molecule is O=C(CN1CCN(c2ccc([N+](=O)[O-])c3cccnc23)CC1)Nc1ccccc1. The number of benzene rings is 2. The maximum Gasteiger partial charge on any atom is 0.278 e. The van der Waals surface area contributed by atoms with Crippen molar-refractivity contribution in [1.82, 2.24) is 9.88 Å². The summed E-state index contributed by atoms with van der Waals surface area (Å²) < 4.78 is 0. The fourth-order valence-corrected chi connectivity index (χ4v) is 3.63. The summed E-state index contributed by atoms with van der Waals surface area (Å²) in [6, 6.07) is 16.2. The van der Waals surface area contributed by atoms with Crippen LogP contribution in [0.3, 0.4) is 0 Å². The van der Waals surface area contributed by atoms with E-state index in [0.717, 1.165) is 37.6 Å². The Balaban J connectivity index is 1.42. The van der Waals surface area contributed by atoms with Crippen molar-refractivity contribution in [2.45, 2.75) is 0 Å². The van der Waals surface area contributed by atoms with Gasteiger partial charge in [0.2, 0.25) is 5.91 Å². The second kappa shape index (κ2) is 8.24. The molecule has 0 atom stereocenters. The molecule has 1 fully saturated rings. The third-order valence-corrected chi connectivity index (χ3v) is 5.06. The van der Waals surface area contributed by atoms with Gasteiger partial charge in [-0.15, -0.1) is 0 Å². The molecule has 0 spiro atoms. The number of carbonyl (C=O) groups excluding carboxylic acids is 1. The summed E-state index contributed by atoms with van der Waals surface area (Å²) in [6.07, 6.45) is 1.65. The summed E-state index contributed by atoms with van der Waals surface area (Å²) in [5.74, 6) is -0.0351.